The van der Waals surface area contributed by atoms with Crippen molar-refractivity contribution in [1.82, 2.24) is 19.3 Å². The van der Waals surface area contributed by atoms with Crippen LogP contribution in [0.1, 0.15) is 0 Å². The van der Waals surface area contributed by atoms with Gasteiger partial charge in [-0.05, 0) is 0 Å². The standard InChI is InChI=1S/C6H9N5O2/c7-5-3-8-6-10(5)4-9-11(6)13-2-1-12/h3-4,12H,1-2,7H2. The number of rotatable bonds is 3. The molecule has 0 radical (unpaired) electrons. The van der Waals surface area contributed by atoms with E-state index in [0.717, 1.165) is 0 Å². The molecule has 2 aromatic heterocycles. The van der Waals surface area contributed by atoms with Gasteiger partial charge in [-0.2, -0.15) is 0 Å². The SMILES string of the molecule is Nc1cnc2n(OCCO)ncn12. The van der Waals surface area contributed by atoms with Gasteiger partial charge in [0.1, 0.15) is 18.8 Å². The molecule has 0 amide bonds. The van der Waals surface area contributed by atoms with Gasteiger partial charge in [0.15, 0.2) is 0 Å². The first-order chi connectivity index (χ1) is 6.33. The highest BCUT2D eigenvalue weighted by molar-refractivity contribution is 5.40. The number of aliphatic hydroxyl groups is 1. The third kappa shape index (κ3) is 1.18. The Morgan fingerprint density at radius 2 is 2.46 bits per heavy atom. The normalized spacial score (nSPS) is 10.8. The molecule has 2 rings (SSSR count). The first-order valence-corrected chi connectivity index (χ1v) is 3.73. The van der Waals surface area contributed by atoms with Crippen molar-refractivity contribution in [3.63, 3.8) is 0 Å². The monoisotopic (exact) mass is 183 g/mol. The average Bonchev–Trinajstić information content (AvgIpc) is 2.67. The van der Waals surface area contributed by atoms with Gasteiger partial charge in [0.2, 0.25) is 0 Å². The van der Waals surface area contributed by atoms with E-state index in [0.29, 0.717) is 11.6 Å². The second-order valence-electron chi connectivity index (χ2n) is 2.41. The quantitative estimate of drug-likeness (QED) is 0.606. The summed E-state index contributed by atoms with van der Waals surface area (Å²) in [5.41, 5.74) is 5.56. The second-order valence-corrected chi connectivity index (χ2v) is 2.41. The number of hydrogen-bond donors (Lipinski definition) is 2. The van der Waals surface area contributed by atoms with E-state index in [1.165, 1.54) is 17.4 Å². The van der Waals surface area contributed by atoms with E-state index >= 15 is 0 Å². The summed E-state index contributed by atoms with van der Waals surface area (Å²) in [5, 5.41) is 12.4. The molecule has 7 heteroatoms. The molecule has 0 spiro atoms. The zero-order valence-corrected chi connectivity index (χ0v) is 6.79. The van der Waals surface area contributed by atoms with Crippen molar-refractivity contribution in [2.24, 2.45) is 0 Å². The second kappa shape index (κ2) is 2.94. The summed E-state index contributed by atoms with van der Waals surface area (Å²) in [6.07, 6.45) is 3.00. The first-order valence-electron chi connectivity index (χ1n) is 3.73. The maximum Gasteiger partial charge on any atom is 0.272 e. The molecular weight excluding hydrogens is 174 g/mol. The Morgan fingerprint density at radius 3 is 3.23 bits per heavy atom. The Labute approximate surface area is 73.3 Å². The minimum absolute atomic E-state index is 0.0673. The van der Waals surface area contributed by atoms with Crippen LogP contribution in [0, 0.1) is 0 Å². The van der Waals surface area contributed by atoms with Crippen LogP contribution in [0.25, 0.3) is 5.78 Å². The summed E-state index contributed by atoms with van der Waals surface area (Å²) in [6, 6.07) is 0. The number of nitrogens with two attached hydrogens (primary N) is 1. The van der Waals surface area contributed by atoms with E-state index < -0.39 is 0 Å². The smallest absolute Gasteiger partial charge is 0.272 e. The van der Waals surface area contributed by atoms with Crippen LogP contribution < -0.4 is 10.6 Å². The van der Waals surface area contributed by atoms with E-state index in [9.17, 15) is 0 Å². The summed E-state index contributed by atoms with van der Waals surface area (Å²) < 4.78 is 1.58. The predicted molar refractivity (Wildman–Crippen MR) is 43.9 cm³/mol. The third-order valence-corrected chi connectivity index (χ3v) is 1.55. The Bertz CT molecular complexity index is 406. The first kappa shape index (κ1) is 7.87. The molecule has 0 aromatic carbocycles. The van der Waals surface area contributed by atoms with Crippen LogP contribution in [0.5, 0.6) is 0 Å². The van der Waals surface area contributed by atoms with E-state index in [-0.39, 0.29) is 13.2 Å². The van der Waals surface area contributed by atoms with E-state index in [4.69, 9.17) is 15.7 Å². The van der Waals surface area contributed by atoms with Crippen LogP contribution >= 0.6 is 0 Å². The lowest BCUT2D eigenvalue weighted by atomic mass is 10.8. The van der Waals surface area contributed by atoms with Crippen molar-refractivity contribution < 1.29 is 9.94 Å². The van der Waals surface area contributed by atoms with Crippen LogP contribution in [0.4, 0.5) is 5.82 Å². The van der Waals surface area contributed by atoms with E-state index in [1.807, 2.05) is 0 Å². The van der Waals surface area contributed by atoms with Crippen LogP contribution in [0.3, 0.4) is 0 Å². The van der Waals surface area contributed by atoms with Crippen molar-refractivity contribution >= 4 is 11.6 Å². The molecule has 0 atom stereocenters. The average molecular weight is 183 g/mol. The minimum Gasteiger partial charge on any atom is -0.393 e. The lowest BCUT2D eigenvalue weighted by Gasteiger charge is -2.00. The molecule has 70 valence electrons. The van der Waals surface area contributed by atoms with E-state index in [1.54, 1.807) is 4.40 Å². The predicted octanol–water partition coefficient (Wildman–Crippen LogP) is -1.47. The maximum absolute atomic E-state index is 8.52. The van der Waals surface area contributed by atoms with Crippen molar-refractivity contribution in [2.75, 3.05) is 18.9 Å². The molecule has 0 fully saturated rings. The van der Waals surface area contributed by atoms with Gasteiger partial charge in [0, 0.05) is 0 Å². The summed E-state index contributed by atoms with van der Waals surface area (Å²) in [7, 11) is 0. The van der Waals surface area contributed by atoms with Crippen LogP contribution in [-0.4, -0.2) is 37.6 Å². The largest absolute Gasteiger partial charge is 0.393 e. The Kier molecular flexibility index (Phi) is 1.78. The van der Waals surface area contributed by atoms with Gasteiger partial charge >= 0.3 is 0 Å². The number of imidazole rings is 1. The van der Waals surface area contributed by atoms with Crippen LogP contribution in [0.15, 0.2) is 12.5 Å². The number of aliphatic hydroxyl groups excluding tert-OH is 1. The van der Waals surface area contributed by atoms with Gasteiger partial charge in [-0.15, -0.1) is 5.10 Å². The lowest BCUT2D eigenvalue weighted by molar-refractivity contribution is 0.0602. The van der Waals surface area contributed by atoms with Crippen LogP contribution in [0.2, 0.25) is 0 Å². The highest BCUT2D eigenvalue weighted by Crippen LogP contribution is 2.05. The Balaban J connectivity index is 2.35. The topological polar surface area (TPSA) is 90.6 Å². The molecule has 0 aliphatic rings. The Morgan fingerprint density at radius 1 is 1.62 bits per heavy atom. The molecule has 13 heavy (non-hydrogen) atoms. The van der Waals surface area contributed by atoms with Gasteiger partial charge < -0.3 is 15.7 Å². The molecule has 0 saturated heterocycles. The molecular formula is C6H9N5O2. The fraction of sp³-hybridized carbons (Fsp3) is 0.333. The van der Waals surface area contributed by atoms with Crippen molar-refractivity contribution in [1.29, 1.82) is 0 Å². The molecule has 7 nitrogen and oxygen atoms in total. The molecule has 0 aliphatic carbocycles. The molecule has 0 unspecified atom stereocenters. The summed E-state index contributed by atoms with van der Waals surface area (Å²) >= 11 is 0. The number of fused-ring (bicyclic) bond motifs is 1. The summed E-state index contributed by atoms with van der Waals surface area (Å²) in [5.74, 6) is 0.986. The van der Waals surface area contributed by atoms with E-state index in [2.05, 4.69) is 10.1 Å². The fourth-order valence-electron chi connectivity index (χ4n) is 0.992. The number of aromatic nitrogens is 4. The van der Waals surface area contributed by atoms with Crippen molar-refractivity contribution in [3.8, 4) is 0 Å². The maximum atomic E-state index is 8.52. The van der Waals surface area contributed by atoms with Gasteiger partial charge in [0.05, 0.1) is 12.8 Å². The summed E-state index contributed by atoms with van der Waals surface area (Å²) in [4.78, 5) is 10.2. The highest BCUT2D eigenvalue weighted by atomic mass is 16.7. The molecule has 2 aromatic rings. The third-order valence-electron chi connectivity index (χ3n) is 1.55. The van der Waals surface area contributed by atoms with Gasteiger partial charge in [-0.3, -0.25) is 0 Å². The summed E-state index contributed by atoms with van der Waals surface area (Å²) in [6.45, 7) is 0.103. The lowest BCUT2D eigenvalue weighted by Crippen LogP contribution is -2.16. The van der Waals surface area contributed by atoms with Crippen LogP contribution in [-0.2, 0) is 0 Å². The molecule has 0 bridgehead atoms. The van der Waals surface area contributed by atoms with Gasteiger partial charge in [0.25, 0.3) is 5.78 Å². The number of nitrogen functional groups attached to an aromatic ring is 1. The fourth-order valence-corrected chi connectivity index (χ4v) is 0.992. The van der Waals surface area contributed by atoms with Crippen molar-refractivity contribution in [2.45, 2.75) is 0 Å². The number of anilines is 1. The van der Waals surface area contributed by atoms with Crippen molar-refractivity contribution in [3.05, 3.63) is 12.5 Å². The minimum atomic E-state index is -0.0673. The molecule has 0 aliphatic heterocycles. The number of hydrogen-bond acceptors (Lipinski definition) is 5. The molecule has 3 N–H and O–H groups in total. The highest BCUT2D eigenvalue weighted by Gasteiger charge is 2.06. The zero-order chi connectivity index (χ0) is 9.26. The van der Waals surface area contributed by atoms with Gasteiger partial charge in [-0.1, -0.05) is 4.85 Å². The number of nitrogens with zero attached hydrogens (tertiary/aromatic N) is 4. The Hall–Kier alpha value is -1.76. The molecule has 2 heterocycles. The zero-order valence-electron chi connectivity index (χ0n) is 6.79. The molecule has 0 saturated carbocycles. The van der Waals surface area contributed by atoms with Gasteiger partial charge in [-0.25, -0.2) is 9.38 Å².